The molecule has 1 fully saturated rings. The number of carbonyl (C=O) groups excluding carboxylic acids is 1. The Hall–Kier alpha value is -2.44. The van der Waals surface area contributed by atoms with Crippen LogP contribution in [-0.2, 0) is 10.2 Å². The lowest BCUT2D eigenvalue weighted by atomic mass is 9.85. The highest BCUT2D eigenvalue weighted by molar-refractivity contribution is 5.80. The topological polar surface area (TPSA) is 75.2 Å². The zero-order valence-electron chi connectivity index (χ0n) is 18.5. The Labute approximate surface area is 174 Å². The Bertz CT molecular complexity index is 665. The Morgan fingerprint density at radius 3 is 2.41 bits per heavy atom. The number of aliphatic imine (C=N–C) groups is 1. The minimum atomic E-state index is -0.215. The van der Waals surface area contributed by atoms with Crippen molar-refractivity contribution < 1.29 is 14.3 Å². The second kappa shape index (κ2) is 10.9. The van der Waals surface area contributed by atoms with Crippen LogP contribution >= 0.6 is 0 Å². The van der Waals surface area contributed by atoms with E-state index < -0.39 is 0 Å². The smallest absolute Gasteiger partial charge is 0.409 e. The summed E-state index contributed by atoms with van der Waals surface area (Å²) in [6, 6.07) is 8.46. The van der Waals surface area contributed by atoms with Gasteiger partial charge in [0.05, 0.1) is 20.3 Å². The monoisotopic (exact) mass is 404 g/mol. The maximum atomic E-state index is 11.9. The Kier molecular flexibility index (Phi) is 8.61. The normalized spacial score (nSPS) is 15.8. The molecule has 0 bridgehead atoms. The molecule has 162 valence electrons. The molecule has 1 aromatic rings. The van der Waals surface area contributed by atoms with Crippen LogP contribution in [0.3, 0.4) is 0 Å². The van der Waals surface area contributed by atoms with Gasteiger partial charge in [-0.05, 0) is 44.4 Å². The number of hydrogen-bond acceptors (Lipinski definition) is 4. The van der Waals surface area contributed by atoms with Crippen LogP contribution < -0.4 is 15.4 Å². The summed E-state index contributed by atoms with van der Waals surface area (Å²) in [7, 11) is 1.68. The SMILES string of the molecule is CCNC(=NCC(C)(C)c1ccc(OC)cc1)NC1CCN(C(=O)OCC)CC1. The van der Waals surface area contributed by atoms with Crippen molar-refractivity contribution in [2.75, 3.05) is 39.9 Å². The molecule has 1 heterocycles. The first kappa shape index (κ1) is 22.8. The number of carbonyl (C=O) groups is 1. The number of amides is 1. The average Bonchev–Trinajstić information content (AvgIpc) is 2.73. The van der Waals surface area contributed by atoms with Crippen molar-refractivity contribution in [3.63, 3.8) is 0 Å². The lowest BCUT2D eigenvalue weighted by Gasteiger charge is -2.32. The van der Waals surface area contributed by atoms with E-state index in [1.165, 1.54) is 5.56 Å². The molecule has 1 saturated heterocycles. The van der Waals surface area contributed by atoms with Crippen molar-refractivity contribution >= 4 is 12.1 Å². The van der Waals surface area contributed by atoms with Crippen LogP contribution in [0.4, 0.5) is 4.79 Å². The summed E-state index contributed by atoms with van der Waals surface area (Å²) in [5, 5.41) is 6.87. The minimum absolute atomic E-state index is 0.0953. The van der Waals surface area contributed by atoms with E-state index in [0.717, 1.165) is 31.1 Å². The summed E-state index contributed by atoms with van der Waals surface area (Å²) in [6.45, 7) is 11.6. The lowest BCUT2D eigenvalue weighted by Crippen LogP contribution is -2.50. The molecular weight excluding hydrogens is 368 g/mol. The first-order valence-corrected chi connectivity index (χ1v) is 10.5. The van der Waals surface area contributed by atoms with Crippen LogP contribution in [0.5, 0.6) is 5.75 Å². The van der Waals surface area contributed by atoms with Gasteiger partial charge in [0.25, 0.3) is 0 Å². The first-order valence-electron chi connectivity index (χ1n) is 10.5. The molecule has 7 nitrogen and oxygen atoms in total. The number of likely N-dealkylation sites (tertiary alicyclic amines) is 1. The number of nitrogens with zero attached hydrogens (tertiary/aromatic N) is 2. The van der Waals surface area contributed by atoms with Crippen molar-refractivity contribution in [2.24, 2.45) is 4.99 Å². The number of piperidine rings is 1. The molecule has 0 aliphatic carbocycles. The van der Waals surface area contributed by atoms with E-state index in [1.807, 2.05) is 19.1 Å². The predicted molar refractivity (Wildman–Crippen MR) is 117 cm³/mol. The van der Waals surface area contributed by atoms with Gasteiger partial charge in [-0.25, -0.2) is 4.79 Å². The Morgan fingerprint density at radius 1 is 1.21 bits per heavy atom. The van der Waals surface area contributed by atoms with Gasteiger partial charge in [-0.2, -0.15) is 0 Å². The van der Waals surface area contributed by atoms with Gasteiger partial charge in [0.2, 0.25) is 0 Å². The summed E-state index contributed by atoms with van der Waals surface area (Å²) in [5.74, 6) is 1.68. The number of methoxy groups -OCH3 is 1. The molecule has 7 heteroatoms. The quantitative estimate of drug-likeness (QED) is 0.539. The second-order valence-corrected chi connectivity index (χ2v) is 7.91. The maximum Gasteiger partial charge on any atom is 0.409 e. The molecule has 0 unspecified atom stereocenters. The third-order valence-corrected chi connectivity index (χ3v) is 5.21. The highest BCUT2D eigenvalue weighted by atomic mass is 16.6. The van der Waals surface area contributed by atoms with Crippen molar-refractivity contribution in [1.29, 1.82) is 0 Å². The van der Waals surface area contributed by atoms with Crippen molar-refractivity contribution in [1.82, 2.24) is 15.5 Å². The van der Waals surface area contributed by atoms with Crippen molar-refractivity contribution in [3.8, 4) is 5.75 Å². The summed E-state index contributed by atoms with van der Waals surface area (Å²) < 4.78 is 10.3. The van der Waals surface area contributed by atoms with Gasteiger partial charge < -0.3 is 25.0 Å². The number of nitrogens with one attached hydrogen (secondary N) is 2. The van der Waals surface area contributed by atoms with Gasteiger partial charge in [0.15, 0.2) is 5.96 Å². The Morgan fingerprint density at radius 2 is 1.86 bits per heavy atom. The van der Waals surface area contributed by atoms with Gasteiger partial charge >= 0.3 is 6.09 Å². The number of ether oxygens (including phenoxy) is 2. The van der Waals surface area contributed by atoms with Crippen LogP contribution in [0.25, 0.3) is 0 Å². The van der Waals surface area contributed by atoms with E-state index in [2.05, 4.69) is 43.5 Å². The fourth-order valence-corrected chi connectivity index (χ4v) is 3.34. The molecule has 1 aromatic carbocycles. The molecule has 0 aromatic heterocycles. The number of hydrogen-bond donors (Lipinski definition) is 2. The van der Waals surface area contributed by atoms with E-state index >= 15 is 0 Å². The fourth-order valence-electron chi connectivity index (χ4n) is 3.34. The zero-order chi connectivity index (χ0) is 21.3. The molecule has 1 aliphatic heterocycles. The summed E-state index contributed by atoms with van der Waals surface area (Å²) in [4.78, 5) is 18.5. The van der Waals surface area contributed by atoms with E-state index in [-0.39, 0.29) is 11.5 Å². The number of guanidine groups is 1. The highest BCUT2D eigenvalue weighted by Crippen LogP contribution is 2.25. The molecule has 1 aliphatic rings. The summed E-state index contributed by atoms with van der Waals surface area (Å²) in [5.41, 5.74) is 1.13. The van der Waals surface area contributed by atoms with Crippen LogP contribution in [0.15, 0.2) is 29.3 Å². The van der Waals surface area contributed by atoms with Crippen molar-refractivity contribution in [3.05, 3.63) is 29.8 Å². The van der Waals surface area contributed by atoms with Crippen LogP contribution in [0.2, 0.25) is 0 Å². The third-order valence-electron chi connectivity index (χ3n) is 5.21. The zero-order valence-corrected chi connectivity index (χ0v) is 18.5. The van der Waals surface area contributed by atoms with Gasteiger partial charge in [-0.1, -0.05) is 26.0 Å². The first-order chi connectivity index (χ1) is 13.9. The molecule has 2 rings (SSSR count). The van der Waals surface area contributed by atoms with E-state index in [9.17, 15) is 4.79 Å². The van der Waals surface area contributed by atoms with Crippen LogP contribution in [0.1, 0.15) is 46.1 Å². The molecule has 2 N–H and O–H groups in total. The Balaban J connectivity index is 1.94. The number of rotatable bonds is 7. The highest BCUT2D eigenvalue weighted by Gasteiger charge is 2.25. The van der Waals surface area contributed by atoms with Gasteiger partial charge in [0, 0.05) is 31.1 Å². The average molecular weight is 405 g/mol. The fraction of sp³-hybridized carbons (Fsp3) is 0.636. The molecule has 1 amide bonds. The standard InChI is InChI=1S/C22H36N4O3/c1-6-23-20(25-18-12-14-26(15-13-18)21(27)29-7-2)24-16-22(3,4)17-8-10-19(28-5)11-9-17/h8-11,18H,6-7,12-16H2,1-5H3,(H2,23,24,25). The number of benzene rings is 1. The largest absolute Gasteiger partial charge is 0.497 e. The van der Waals surface area contributed by atoms with Gasteiger partial charge in [-0.3, -0.25) is 4.99 Å². The second-order valence-electron chi connectivity index (χ2n) is 7.91. The van der Waals surface area contributed by atoms with E-state index in [1.54, 1.807) is 12.0 Å². The lowest BCUT2D eigenvalue weighted by molar-refractivity contribution is 0.0963. The summed E-state index contributed by atoms with van der Waals surface area (Å²) >= 11 is 0. The molecule has 0 spiro atoms. The molecule has 0 saturated carbocycles. The maximum absolute atomic E-state index is 11.9. The van der Waals surface area contributed by atoms with Crippen LogP contribution in [-0.4, -0.2) is 62.9 Å². The van der Waals surface area contributed by atoms with Gasteiger partial charge in [0.1, 0.15) is 5.75 Å². The molecule has 0 atom stereocenters. The molecular formula is C22H36N4O3. The van der Waals surface area contributed by atoms with E-state index in [0.29, 0.717) is 32.3 Å². The van der Waals surface area contributed by atoms with E-state index in [4.69, 9.17) is 14.5 Å². The predicted octanol–water partition coefficient (Wildman–Crippen LogP) is 3.15. The summed E-state index contributed by atoms with van der Waals surface area (Å²) in [6.07, 6.45) is 1.55. The van der Waals surface area contributed by atoms with Crippen LogP contribution in [0, 0.1) is 0 Å². The molecule has 0 radical (unpaired) electrons. The van der Waals surface area contributed by atoms with Crippen molar-refractivity contribution in [2.45, 2.75) is 52.0 Å². The molecule has 29 heavy (non-hydrogen) atoms. The van der Waals surface area contributed by atoms with Gasteiger partial charge in [-0.15, -0.1) is 0 Å². The minimum Gasteiger partial charge on any atom is -0.497 e. The third kappa shape index (κ3) is 6.84.